The average Bonchev–Trinajstić information content (AvgIpc) is 2.37. The Kier molecular flexibility index (Phi) is 5.99. The topological polar surface area (TPSA) is 53.1 Å². The third-order valence-corrected chi connectivity index (χ3v) is 5.94. The van der Waals surface area contributed by atoms with Crippen molar-refractivity contribution in [3.63, 3.8) is 0 Å². The summed E-state index contributed by atoms with van der Waals surface area (Å²) in [6.45, 7) is 8.47. The quantitative estimate of drug-likeness (QED) is 0.718. The molecule has 112 valence electrons. The van der Waals surface area contributed by atoms with E-state index >= 15 is 0 Å². The maximum Gasteiger partial charge on any atom is 0.345 e. The molecule has 19 heavy (non-hydrogen) atoms. The van der Waals surface area contributed by atoms with Crippen LogP contribution in [0.2, 0.25) is 0 Å². The largest absolute Gasteiger partial charge is 0.345 e. The lowest BCUT2D eigenvalue weighted by Gasteiger charge is -2.40. The molecule has 1 aliphatic heterocycles. The Bertz CT molecular complexity index is 352. The van der Waals surface area contributed by atoms with E-state index in [0.717, 1.165) is 0 Å². The number of nitrogens with zero attached hydrogens (tertiary/aromatic N) is 3. The summed E-state index contributed by atoms with van der Waals surface area (Å²) in [4.78, 5) is 13.8. The number of rotatable bonds is 5. The standard InChI is InChI=1S/C12H26N3O3P/c1-6-18-19(17,13(4)5)15-9-7-14(8-10-15)12(16)11(2)3/h11H,6-10H2,1-5H3. The smallest absolute Gasteiger partial charge is 0.340 e. The summed E-state index contributed by atoms with van der Waals surface area (Å²) in [5, 5.41) is 0. The Morgan fingerprint density at radius 3 is 2.16 bits per heavy atom. The van der Waals surface area contributed by atoms with E-state index in [9.17, 15) is 9.36 Å². The molecule has 0 spiro atoms. The fourth-order valence-electron chi connectivity index (χ4n) is 2.15. The number of hydrogen-bond donors (Lipinski definition) is 0. The molecule has 1 atom stereocenters. The van der Waals surface area contributed by atoms with Crippen LogP contribution < -0.4 is 0 Å². The summed E-state index contributed by atoms with van der Waals surface area (Å²) in [5.74, 6) is 0.176. The highest BCUT2D eigenvalue weighted by molar-refractivity contribution is 7.53. The minimum absolute atomic E-state index is 0.0131. The molecule has 0 aromatic heterocycles. The zero-order chi connectivity index (χ0) is 14.6. The van der Waals surface area contributed by atoms with Gasteiger partial charge in [0, 0.05) is 32.1 Å². The second kappa shape index (κ2) is 6.84. The highest BCUT2D eigenvalue weighted by Gasteiger charge is 2.37. The number of carbonyl (C=O) groups excluding carboxylic acids is 1. The Balaban J connectivity index is 2.66. The van der Waals surface area contributed by atoms with Gasteiger partial charge in [0.25, 0.3) is 0 Å². The van der Waals surface area contributed by atoms with Crippen LogP contribution in [0.15, 0.2) is 0 Å². The van der Waals surface area contributed by atoms with Gasteiger partial charge in [0.05, 0.1) is 6.61 Å². The summed E-state index contributed by atoms with van der Waals surface area (Å²) < 4.78 is 21.8. The van der Waals surface area contributed by atoms with Crippen LogP contribution in [0.4, 0.5) is 0 Å². The van der Waals surface area contributed by atoms with Gasteiger partial charge in [-0.05, 0) is 21.0 Å². The van der Waals surface area contributed by atoms with Crippen LogP contribution in [-0.2, 0) is 13.9 Å². The summed E-state index contributed by atoms with van der Waals surface area (Å²) in [6, 6.07) is 0. The maximum atomic E-state index is 12.8. The van der Waals surface area contributed by atoms with E-state index in [2.05, 4.69) is 0 Å². The monoisotopic (exact) mass is 291 g/mol. The first-order valence-corrected chi connectivity index (χ1v) is 8.32. The Hall–Kier alpha value is -0.420. The molecule has 0 radical (unpaired) electrons. The van der Waals surface area contributed by atoms with E-state index in [0.29, 0.717) is 32.8 Å². The van der Waals surface area contributed by atoms with E-state index in [1.54, 1.807) is 18.8 Å². The highest BCUT2D eigenvalue weighted by atomic mass is 31.2. The van der Waals surface area contributed by atoms with Gasteiger partial charge < -0.3 is 9.42 Å². The third-order valence-electron chi connectivity index (χ3n) is 3.22. The molecule has 1 rings (SSSR count). The predicted octanol–water partition coefficient (Wildman–Crippen LogP) is 1.49. The summed E-state index contributed by atoms with van der Waals surface area (Å²) in [5.41, 5.74) is 0. The predicted molar refractivity (Wildman–Crippen MR) is 75.9 cm³/mol. The first-order valence-electron chi connectivity index (χ1n) is 6.79. The number of carbonyl (C=O) groups is 1. The second-order valence-electron chi connectivity index (χ2n) is 5.19. The van der Waals surface area contributed by atoms with E-state index in [1.165, 1.54) is 0 Å². The molecule has 0 saturated carbocycles. The van der Waals surface area contributed by atoms with Crippen LogP contribution in [0.5, 0.6) is 0 Å². The zero-order valence-corrected chi connectivity index (χ0v) is 13.5. The van der Waals surface area contributed by atoms with E-state index < -0.39 is 7.67 Å². The molecule has 6 nitrogen and oxygen atoms in total. The molecule has 1 heterocycles. The van der Waals surface area contributed by atoms with Crippen LogP contribution in [0.1, 0.15) is 20.8 Å². The van der Waals surface area contributed by atoms with E-state index in [-0.39, 0.29) is 11.8 Å². The minimum Gasteiger partial charge on any atom is -0.340 e. The van der Waals surface area contributed by atoms with Crippen molar-refractivity contribution in [3.8, 4) is 0 Å². The number of piperazine rings is 1. The molecule has 0 N–H and O–H groups in total. The molecule has 1 aliphatic rings. The lowest BCUT2D eigenvalue weighted by molar-refractivity contribution is -0.135. The van der Waals surface area contributed by atoms with Crippen LogP contribution in [0.25, 0.3) is 0 Å². The van der Waals surface area contributed by atoms with Crippen molar-refractivity contribution in [2.45, 2.75) is 20.8 Å². The molecule has 0 bridgehead atoms. The zero-order valence-electron chi connectivity index (χ0n) is 12.6. The molecule has 0 aromatic rings. The molecule has 1 amide bonds. The fourth-order valence-corrected chi connectivity index (χ4v) is 4.07. The lowest BCUT2D eigenvalue weighted by atomic mass is 10.2. The van der Waals surface area contributed by atoms with Crippen molar-refractivity contribution in [1.29, 1.82) is 0 Å². The molecular formula is C12H26N3O3P. The molecule has 1 fully saturated rings. The Morgan fingerprint density at radius 2 is 1.79 bits per heavy atom. The Morgan fingerprint density at radius 1 is 1.26 bits per heavy atom. The molecule has 7 heteroatoms. The minimum atomic E-state index is -2.92. The van der Waals surface area contributed by atoms with Gasteiger partial charge >= 0.3 is 7.67 Å². The van der Waals surface area contributed by atoms with Gasteiger partial charge in [-0.2, -0.15) is 0 Å². The highest BCUT2D eigenvalue weighted by Crippen LogP contribution is 2.52. The summed E-state index contributed by atoms with van der Waals surface area (Å²) >= 11 is 0. The normalized spacial score (nSPS) is 20.9. The molecule has 1 saturated heterocycles. The SMILES string of the molecule is CCOP(=O)(N(C)C)N1CCN(C(=O)C(C)C)CC1. The molecule has 0 aromatic carbocycles. The average molecular weight is 291 g/mol. The van der Waals surface area contributed by atoms with Crippen molar-refractivity contribution < 1.29 is 13.9 Å². The van der Waals surface area contributed by atoms with Gasteiger partial charge in [0.15, 0.2) is 0 Å². The van der Waals surface area contributed by atoms with Gasteiger partial charge in [0.2, 0.25) is 5.91 Å². The van der Waals surface area contributed by atoms with Crippen molar-refractivity contribution in [2.24, 2.45) is 5.92 Å². The fraction of sp³-hybridized carbons (Fsp3) is 0.917. The van der Waals surface area contributed by atoms with Crippen LogP contribution in [0, 0.1) is 5.92 Å². The van der Waals surface area contributed by atoms with Crippen molar-refractivity contribution in [1.82, 2.24) is 14.2 Å². The van der Waals surface area contributed by atoms with E-state index in [1.807, 2.05) is 30.3 Å². The van der Waals surface area contributed by atoms with Gasteiger partial charge in [-0.25, -0.2) is 9.34 Å². The lowest BCUT2D eigenvalue weighted by Crippen LogP contribution is -2.49. The van der Waals surface area contributed by atoms with Crippen molar-refractivity contribution in [3.05, 3.63) is 0 Å². The van der Waals surface area contributed by atoms with Gasteiger partial charge in [-0.15, -0.1) is 0 Å². The van der Waals surface area contributed by atoms with E-state index in [4.69, 9.17) is 4.52 Å². The molecule has 0 aliphatic carbocycles. The second-order valence-corrected chi connectivity index (χ2v) is 7.79. The van der Waals surface area contributed by atoms with Crippen molar-refractivity contribution in [2.75, 3.05) is 46.9 Å². The van der Waals surface area contributed by atoms with Crippen LogP contribution >= 0.6 is 7.67 Å². The van der Waals surface area contributed by atoms with Crippen molar-refractivity contribution >= 4 is 13.6 Å². The van der Waals surface area contributed by atoms with Gasteiger partial charge in [0.1, 0.15) is 0 Å². The van der Waals surface area contributed by atoms with Crippen LogP contribution in [0.3, 0.4) is 0 Å². The first-order chi connectivity index (χ1) is 8.82. The number of hydrogen-bond acceptors (Lipinski definition) is 3. The maximum absolute atomic E-state index is 12.8. The summed E-state index contributed by atoms with van der Waals surface area (Å²) in [7, 11) is 0.613. The third kappa shape index (κ3) is 3.78. The summed E-state index contributed by atoms with van der Waals surface area (Å²) in [6.07, 6.45) is 0. The molecular weight excluding hydrogens is 265 g/mol. The molecule has 1 unspecified atom stereocenters. The Labute approximate surface area is 116 Å². The van der Waals surface area contributed by atoms with Crippen LogP contribution in [-0.4, -0.2) is 67.0 Å². The van der Waals surface area contributed by atoms with Gasteiger partial charge in [-0.3, -0.25) is 9.36 Å². The number of amides is 1. The first kappa shape index (κ1) is 16.6. The van der Waals surface area contributed by atoms with Gasteiger partial charge in [-0.1, -0.05) is 13.8 Å².